The van der Waals surface area contributed by atoms with E-state index in [0.29, 0.717) is 5.92 Å². The van der Waals surface area contributed by atoms with Crippen molar-refractivity contribution in [1.29, 1.82) is 0 Å². The van der Waals surface area contributed by atoms with E-state index in [0.717, 1.165) is 29.1 Å². The summed E-state index contributed by atoms with van der Waals surface area (Å²) in [6, 6.07) is 0. The highest BCUT2D eigenvalue weighted by atomic mass is 32.1. The lowest BCUT2D eigenvalue weighted by Crippen LogP contribution is -2.18. The molecule has 0 amide bonds. The molecule has 3 saturated carbocycles. The van der Waals surface area contributed by atoms with E-state index in [-0.39, 0.29) is 0 Å². The van der Waals surface area contributed by atoms with Crippen molar-refractivity contribution >= 4 is 12.2 Å². The summed E-state index contributed by atoms with van der Waals surface area (Å²) in [5.74, 6) is 4.80. The zero-order chi connectivity index (χ0) is 11.4. The van der Waals surface area contributed by atoms with Crippen molar-refractivity contribution in [3.8, 4) is 0 Å². The predicted molar refractivity (Wildman–Crippen MR) is 68.3 cm³/mol. The van der Waals surface area contributed by atoms with Crippen LogP contribution in [-0.4, -0.2) is 14.8 Å². The van der Waals surface area contributed by atoms with Gasteiger partial charge in [0, 0.05) is 12.5 Å². The molecule has 0 aromatic carbocycles. The van der Waals surface area contributed by atoms with Crippen molar-refractivity contribution < 1.29 is 0 Å². The van der Waals surface area contributed by atoms with Gasteiger partial charge in [-0.2, -0.15) is 5.10 Å². The molecule has 1 aromatic rings. The third-order valence-corrected chi connectivity index (χ3v) is 5.34. The van der Waals surface area contributed by atoms with E-state index in [1.165, 1.54) is 44.3 Å². The average molecular weight is 249 g/mol. The molecule has 92 valence electrons. The monoisotopic (exact) mass is 249 g/mol. The van der Waals surface area contributed by atoms with Gasteiger partial charge in [-0.25, -0.2) is 0 Å². The summed E-state index contributed by atoms with van der Waals surface area (Å²) in [5, 5.41) is 7.42. The number of H-pyrrole nitrogens is 1. The van der Waals surface area contributed by atoms with Gasteiger partial charge in [0.2, 0.25) is 0 Å². The van der Waals surface area contributed by atoms with Gasteiger partial charge in [0.1, 0.15) is 5.82 Å². The van der Waals surface area contributed by atoms with E-state index < -0.39 is 0 Å². The molecule has 4 rings (SSSR count). The minimum absolute atomic E-state index is 0.696. The number of fused-ring (bicyclic) bond motifs is 2. The van der Waals surface area contributed by atoms with E-state index in [9.17, 15) is 0 Å². The summed E-state index contributed by atoms with van der Waals surface area (Å²) < 4.78 is 3.15. The maximum atomic E-state index is 5.39. The van der Waals surface area contributed by atoms with E-state index in [1.54, 1.807) is 0 Å². The van der Waals surface area contributed by atoms with E-state index in [2.05, 4.69) is 14.8 Å². The van der Waals surface area contributed by atoms with Crippen LogP contribution in [0.2, 0.25) is 0 Å². The first-order valence-corrected chi connectivity index (χ1v) is 7.37. The van der Waals surface area contributed by atoms with Crippen molar-refractivity contribution in [2.45, 2.75) is 51.0 Å². The molecule has 0 aliphatic heterocycles. The molecule has 0 spiro atoms. The second-order valence-electron chi connectivity index (χ2n) is 6.21. The maximum absolute atomic E-state index is 5.39. The smallest absolute Gasteiger partial charge is 0.195 e. The number of aromatic nitrogens is 3. The molecule has 4 heteroatoms. The molecule has 1 N–H and O–H groups in total. The van der Waals surface area contributed by atoms with Crippen molar-refractivity contribution in [3.05, 3.63) is 10.6 Å². The summed E-state index contributed by atoms with van der Waals surface area (Å²) in [6.45, 7) is 1.13. The van der Waals surface area contributed by atoms with E-state index in [4.69, 9.17) is 12.2 Å². The summed E-state index contributed by atoms with van der Waals surface area (Å²) >= 11 is 5.39. The lowest BCUT2D eigenvalue weighted by molar-refractivity contribution is 0.291. The molecule has 3 aliphatic rings. The molecular formula is C13H19N3S. The molecule has 0 saturated heterocycles. The number of hydrogen-bond acceptors (Lipinski definition) is 2. The van der Waals surface area contributed by atoms with Gasteiger partial charge in [0.25, 0.3) is 0 Å². The van der Waals surface area contributed by atoms with Gasteiger partial charge in [-0.05, 0) is 62.1 Å². The van der Waals surface area contributed by atoms with Crippen molar-refractivity contribution in [2.75, 3.05) is 0 Å². The molecule has 3 atom stereocenters. The predicted octanol–water partition coefficient (Wildman–Crippen LogP) is 3.25. The number of rotatable bonds is 3. The van der Waals surface area contributed by atoms with Crippen LogP contribution in [0.4, 0.5) is 0 Å². The quantitative estimate of drug-likeness (QED) is 0.834. The Morgan fingerprint density at radius 2 is 2.12 bits per heavy atom. The lowest BCUT2D eigenvalue weighted by atomic mass is 9.89. The molecule has 1 heterocycles. The van der Waals surface area contributed by atoms with Gasteiger partial charge in [0.15, 0.2) is 4.77 Å². The summed E-state index contributed by atoms with van der Waals surface area (Å²) in [5.41, 5.74) is 0. The molecular weight excluding hydrogens is 230 g/mol. The van der Waals surface area contributed by atoms with Gasteiger partial charge in [-0.15, -0.1) is 0 Å². The summed E-state index contributed by atoms with van der Waals surface area (Å²) in [6.07, 6.45) is 8.45. The van der Waals surface area contributed by atoms with E-state index in [1.807, 2.05) is 0 Å². The third-order valence-electron chi connectivity index (χ3n) is 5.03. The van der Waals surface area contributed by atoms with Crippen LogP contribution in [0.1, 0.15) is 50.3 Å². The molecule has 3 aliphatic carbocycles. The van der Waals surface area contributed by atoms with Crippen LogP contribution in [0.15, 0.2) is 0 Å². The topological polar surface area (TPSA) is 33.6 Å². The SMILES string of the molecule is S=c1[nH]nc(C2CC2)n1CC1CC2CCC1C2. The highest BCUT2D eigenvalue weighted by Crippen LogP contribution is 2.49. The fourth-order valence-electron chi connectivity index (χ4n) is 3.99. The fourth-order valence-corrected chi connectivity index (χ4v) is 4.21. The molecule has 3 unspecified atom stereocenters. The number of hydrogen-bond donors (Lipinski definition) is 1. The Morgan fingerprint density at radius 1 is 1.24 bits per heavy atom. The molecule has 2 bridgehead atoms. The van der Waals surface area contributed by atoms with Crippen molar-refractivity contribution in [3.63, 3.8) is 0 Å². The largest absolute Gasteiger partial charge is 0.304 e. The molecule has 1 aromatic heterocycles. The van der Waals surface area contributed by atoms with Gasteiger partial charge in [0.05, 0.1) is 0 Å². The first-order chi connectivity index (χ1) is 8.31. The molecule has 3 fully saturated rings. The molecule has 0 radical (unpaired) electrons. The van der Waals surface area contributed by atoms with Gasteiger partial charge in [-0.3, -0.25) is 5.10 Å². The number of nitrogens with zero attached hydrogens (tertiary/aromatic N) is 2. The number of aromatic amines is 1. The van der Waals surface area contributed by atoms with E-state index >= 15 is 0 Å². The van der Waals surface area contributed by atoms with Crippen LogP contribution in [0.5, 0.6) is 0 Å². The van der Waals surface area contributed by atoms with Crippen LogP contribution >= 0.6 is 12.2 Å². The Morgan fingerprint density at radius 3 is 2.76 bits per heavy atom. The van der Waals surface area contributed by atoms with Crippen molar-refractivity contribution in [2.24, 2.45) is 17.8 Å². The minimum atomic E-state index is 0.696. The zero-order valence-corrected chi connectivity index (χ0v) is 10.9. The standard InChI is InChI=1S/C13H19N3S/c17-13-15-14-12(9-3-4-9)16(13)7-11-6-8-1-2-10(11)5-8/h8-11H,1-7H2,(H,15,17). The Kier molecular flexibility index (Phi) is 2.23. The average Bonchev–Trinajstić information content (AvgIpc) is 2.80. The molecule has 3 nitrogen and oxygen atoms in total. The Hall–Kier alpha value is -0.640. The summed E-state index contributed by atoms with van der Waals surface area (Å²) in [4.78, 5) is 0. The maximum Gasteiger partial charge on any atom is 0.195 e. The third kappa shape index (κ3) is 1.68. The highest BCUT2D eigenvalue weighted by Gasteiger charge is 2.40. The Bertz CT molecular complexity index is 485. The van der Waals surface area contributed by atoms with Crippen LogP contribution < -0.4 is 0 Å². The van der Waals surface area contributed by atoms with Crippen LogP contribution in [0, 0.1) is 22.5 Å². The Balaban J connectivity index is 1.58. The second-order valence-corrected chi connectivity index (χ2v) is 6.59. The first kappa shape index (κ1) is 10.3. The van der Waals surface area contributed by atoms with Crippen LogP contribution in [-0.2, 0) is 6.54 Å². The summed E-state index contributed by atoms with van der Waals surface area (Å²) in [7, 11) is 0. The molecule has 17 heavy (non-hydrogen) atoms. The number of nitrogens with one attached hydrogen (secondary N) is 1. The van der Waals surface area contributed by atoms with Crippen molar-refractivity contribution in [1.82, 2.24) is 14.8 Å². The lowest BCUT2D eigenvalue weighted by Gasteiger charge is -2.22. The fraction of sp³-hybridized carbons (Fsp3) is 0.846. The zero-order valence-electron chi connectivity index (χ0n) is 10.1. The minimum Gasteiger partial charge on any atom is -0.304 e. The Labute approximate surface area is 107 Å². The normalized spacial score (nSPS) is 35.6. The van der Waals surface area contributed by atoms with Gasteiger partial charge >= 0.3 is 0 Å². The van der Waals surface area contributed by atoms with Crippen LogP contribution in [0.3, 0.4) is 0 Å². The second kappa shape index (κ2) is 3.67. The first-order valence-electron chi connectivity index (χ1n) is 6.96. The van der Waals surface area contributed by atoms with Gasteiger partial charge in [-0.1, -0.05) is 6.42 Å². The van der Waals surface area contributed by atoms with Crippen LogP contribution in [0.25, 0.3) is 0 Å². The highest BCUT2D eigenvalue weighted by molar-refractivity contribution is 7.71. The van der Waals surface area contributed by atoms with Gasteiger partial charge < -0.3 is 4.57 Å².